The lowest BCUT2D eigenvalue weighted by atomic mass is 9.87. The monoisotopic (exact) mass is 877 g/mol. The zero-order valence-electron chi connectivity index (χ0n) is 33.3. The van der Waals surface area contributed by atoms with Crippen molar-refractivity contribution in [3.63, 3.8) is 0 Å². The number of carbonyl (C=O) groups is 1. The Balaban J connectivity index is 0.994. The highest BCUT2D eigenvalue weighted by Crippen LogP contribution is 2.38. The van der Waals surface area contributed by atoms with Crippen LogP contribution in [0.4, 0.5) is 10.1 Å². The zero-order valence-corrected chi connectivity index (χ0v) is 35.6. The minimum Gasteiger partial charge on any atom is -0.489 e. The van der Waals surface area contributed by atoms with Gasteiger partial charge < -0.3 is 23.8 Å². The molecule has 0 radical (unpaired) electrons. The number of anilines is 1. The fraction of sp³-hybridized carbons (Fsp3) is 0.364. The number of aromatic amines is 1. The average molecular weight is 879 g/mol. The summed E-state index contributed by atoms with van der Waals surface area (Å²) in [5, 5.41) is 8.39. The molecule has 2 fully saturated rings. The first-order chi connectivity index (χ1) is 28.7. The van der Waals surface area contributed by atoms with Gasteiger partial charge in [0.15, 0.2) is 0 Å². The Morgan fingerprint density at radius 3 is 2.47 bits per heavy atom. The molecule has 4 heterocycles. The van der Waals surface area contributed by atoms with Gasteiger partial charge in [0, 0.05) is 82.0 Å². The molecular formula is C44H46Cl2FN5O7S. The molecule has 1 aromatic heterocycles. The van der Waals surface area contributed by atoms with E-state index in [0.29, 0.717) is 35.9 Å². The summed E-state index contributed by atoms with van der Waals surface area (Å²) in [6.07, 6.45) is 2.79. The van der Waals surface area contributed by atoms with Crippen molar-refractivity contribution in [3.05, 3.63) is 112 Å². The summed E-state index contributed by atoms with van der Waals surface area (Å²) in [7, 11) is -4.42. The highest BCUT2D eigenvalue weighted by molar-refractivity contribution is 7.90. The normalized spacial score (nSPS) is 18.4. The Bertz CT molecular complexity index is 2520. The standard InChI is InChI=1S/C44H46Cl2FN5O7S/c1-43(2)24-35(29-6-8-31(45)9-7-29)30(27-58-43)26-51-16-18-52(19-17-51)32-10-12-34(41(22-32)59-39-5-3-4-38-36(39)25-48-49-38)42(53)50-60(54,55)33-11-13-40(37(46)23-33)57-28-44(47)14-20-56-21-15-44/h3-13,22-23,25H,14-21,24,26-28H2,1-2H3,(H,48,49)(H,50,53). The summed E-state index contributed by atoms with van der Waals surface area (Å²) >= 11 is 12.6. The van der Waals surface area contributed by atoms with Crippen molar-refractivity contribution in [1.29, 1.82) is 0 Å². The second-order valence-electron chi connectivity index (χ2n) is 16.0. The summed E-state index contributed by atoms with van der Waals surface area (Å²) in [6, 6.07) is 22.3. The number of benzene rings is 4. The van der Waals surface area contributed by atoms with Gasteiger partial charge in [-0.25, -0.2) is 17.5 Å². The first kappa shape index (κ1) is 42.0. The summed E-state index contributed by atoms with van der Waals surface area (Å²) in [4.78, 5) is 18.3. The average Bonchev–Trinajstić information content (AvgIpc) is 3.72. The van der Waals surface area contributed by atoms with E-state index in [-0.39, 0.29) is 65.2 Å². The van der Waals surface area contributed by atoms with Crippen molar-refractivity contribution in [2.75, 3.05) is 64.1 Å². The molecule has 4 aromatic carbocycles. The van der Waals surface area contributed by atoms with Crippen molar-refractivity contribution in [3.8, 4) is 17.2 Å². The maximum Gasteiger partial charge on any atom is 0.268 e. The number of halogens is 3. The van der Waals surface area contributed by atoms with E-state index < -0.39 is 21.6 Å². The number of nitrogens with zero attached hydrogens (tertiary/aromatic N) is 3. The predicted octanol–water partition coefficient (Wildman–Crippen LogP) is 8.45. The van der Waals surface area contributed by atoms with Gasteiger partial charge >= 0.3 is 0 Å². The van der Waals surface area contributed by atoms with E-state index in [1.165, 1.54) is 23.3 Å². The van der Waals surface area contributed by atoms with Crippen LogP contribution in [0.15, 0.2) is 95.5 Å². The molecule has 3 aliphatic rings. The van der Waals surface area contributed by atoms with Gasteiger partial charge in [-0.1, -0.05) is 41.4 Å². The Morgan fingerprint density at radius 2 is 1.72 bits per heavy atom. The molecule has 5 aromatic rings. The van der Waals surface area contributed by atoms with E-state index in [2.05, 4.69) is 50.7 Å². The number of fused-ring (bicyclic) bond motifs is 1. The van der Waals surface area contributed by atoms with Crippen molar-refractivity contribution in [2.45, 2.75) is 49.3 Å². The fourth-order valence-electron chi connectivity index (χ4n) is 7.72. The zero-order chi connectivity index (χ0) is 42.1. The lowest BCUT2D eigenvalue weighted by molar-refractivity contribution is -0.0323. The van der Waals surface area contributed by atoms with Gasteiger partial charge in [0.05, 0.1) is 44.8 Å². The minimum atomic E-state index is -4.42. The summed E-state index contributed by atoms with van der Waals surface area (Å²) in [6.45, 7) is 8.85. The minimum absolute atomic E-state index is 0.000830. The molecule has 0 aliphatic carbocycles. The van der Waals surface area contributed by atoms with Crippen molar-refractivity contribution < 1.29 is 36.6 Å². The lowest BCUT2D eigenvalue weighted by Gasteiger charge is -2.39. The van der Waals surface area contributed by atoms with Crippen LogP contribution in [-0.2, 0) is 19.5 Å². The molecule has 16 heteroatoms. The van der Waals surface area contributed by atoms with Gasteiger partial charge in [-0.05, 0) is 85.2 Å². The van der Waals surface area contributed by atoms with Crippen molar-refractivity contribution in [2.24, 2.45) is 0 Å². The molecule has 8 rings (SSSR count). The quantitative estimate of drug-likeness (QED) is 0.126. The molecule has 0 unspecified atom stereocenters. The molecule has 0 bridgehead atoms. The van der Waals surface area contributed by atoms with E-state index in [9.17, 15) is 13.2 Å². The van der Waals surface area contributed by atoms with Gasteiger partial charge in [-0.2, -0.15) is 5.10 Å². The van der Waals surface area contributed by atoms with Crippen LogP contribution in [0, 0.1) is 0 Å². The topological polar surface area (TPSA) is 135 Å². The van der Waals surface area contributed by atoms with Gasteiger partial charge in [0.25, 0.3) is 15.9 Å². The molecule has 0 saturated carbocycles. The van der Waals surface area contributed by atoms with Crippen LogP contribution >= 0.6 is 23.2 Å². The van der Waals surface area contributed by atoms with Crippen LogP contribution in [0.3, 0.4) is 0 Å². The first-order valence-corrected chi connectivity index (χ1v) is 22.1. The molecular weight excluding hydrogens is 832 g/mol. The first-order valence-electron chi connectivity index (χ1n) is 19.8. The number of sulfonamides is 1. The summed E-state index contributed by atoms with van der Waals surface area (Å²) in [5.41, 5.74) is 3.41. The Hall–Kier alpha value is -4.70. The second-order valence-corrected chi connectivity index (χ2v) is 18.6. The van der Waals surface area contributed by atoms with Crippen LogP contribution in [0.1, 0.15) is 49.0 Å². The van der Waals surface area contributed by atoms with Gasteiger partial charge in [0.1, 0.15) is 29.5 Å². The third-order valence-electron chi connectivity index (χ3n) is 11.2. The fourth-order valence-corrected chi connectivity index (χ4v) is 9.14. The van der Waals surface area contributed by atoms with Crippen LogP contribution in [-0.4, -0.2) is 99.8 Å². The number of piperazine rings is 1. The molecule has 12 nitrogen and oxygen atoms in total. The number of hydrogen-bond donors (Lipinski definition) is 2. The summed E-state index contributed by atoms with van der Waals surface area (Å²) in [5.74, 6) is -0.191. The van der Waals surface area contributed by atoms with Gasteiger partial charge in [-0.15, -0.1) is 0 Å². The largest absolute Gasteiger partial charge is 0.489 e. The van der Waals surface area contributed by atoms with Crippen LogP contribution < -0.4 is 19.1 Å². The molecule has 1 amide bonds. The number of ether oxygens (including phenoxy) is 4. The van der Waals surface area contributed by atoms with Crippen LogP contribution in [0.2, 0.25) is 10.0 Å². The Labute approximate surface area is 358 Å². The summed E-state index contributed by atoms with van der Waals surface area (Å²) < 4.78 is 68.0. The number of aromatic nitrogens is 2. The molecule has 0 spiro atoms. The van der Waals surface area contributed by atoms with E-state index >= 15 is 4.39 Å². The van der Waals surface area contributed by atoms with E-state index in [1.807, 2.05) is 18.2 Å². The molecule has 60 heavy (non-hydrogen) atoms. The number of H-pyrrole nitrogens is 1. The van der Waals surface area contributed by atoms with E-state index in [1.54, 1.807) is 36.5 Å². The third-order valence-corrected chi connectivity index (χ3v) is 13.1. The van der Waals surface area contributed by atoms with Crippen LogP contribution in [0.5, 0.6) is 17.2 Å². The SMILES string of the molecule is CC1(C)CC(c2ccc(Cl)cc2)=C(CN2CCN(c3ccc(C(=O)NS(=O)(=O)c4ccc(OCC5(F)CCOCC5)c(Cl)c4)c(Oc4cccc5[nH]ncc45)c3)CC2)CO1. The van der Waals surface area contributed by atoms with E-state index in [4.69, 9.17) is 42.1 Å². The predicted molar refractivity (Wildman–Crippen MR) is 230 cm³/mol. The number of amides is 1. The molecule has 316 valence electrons. The lowest BCUT2D eigenvalue weighted by Crippen LogP contribution is -2.47. The Kier molecular flexibility index (Phi) is 12.1. The Morgan fingerprint density at radius 1 is 0.950 bits per heavy atom. The number of rotatable bonds is 12. The molecule has 2 N–H and O–H groups in total. The van der Waals surface area contributed by atoms with Crippen LogP contribution in [0.25, 0.3) is 16.5 Å². The number of alkyl halides is 1. The molecule has 0 atom stereocenters. The molecule has 3 aliphatic heterocycles. The van der Waals surface area contributed by atoms with Gasteiger partial charge in [-0.3, -0.25) is 14.8 Å². The highest BCUT2D eigenvalue weighted by atomic mass is 35.5. The maximum absolute atomic E-state index is 15.1. The highest BCUT2D eigenvalue weighted by Gasteiger charge is 2.34. The van der Waals surface area contributed by atoms with Gasteiger partial charge in [0.2, 0.25) is 0 Å². The number of carbonyl (C=O) groups excluding carboxylic acids is 1. The smallest absolute Gasteiger partial charge is 0.268 e. The van der Waals surface area contributed by atoms with Crippen molar-refractivity contribution in [1.82, 2.24) is 19.8 Å². The maximum atomic E-state index is 15.1. The van der Waals surface area contributed by atoms with Crippen molar-refractivity contribution >= 4 is 61.3 Å². The molecule has 2 saturated heterocycles. The number of nitrogens with one attached hydrogen (secondary N) is 2. The third kappa shape index (κ3) is 9.59. The number of hydrogen-bond acceptors (Lipinski definition) is 10. The van der Waals surface area contributed by atoms with E-state index in [0.717, 1.165) is 48.9 Å². The second kappa shape index (κ2) is 17.3.